The second-order valence-electron chi connectivity index (χ2n) is 4.62. The monoisotopic (exact) mass is 279 g/mol. The van der Waals surface area contributed by atoms with Gasteiger partial charge in [-0.15, -0.1) is 0 Å². The lowest BCUT2D eigenvalue weighted by Gasteiger charge is -2.08. The second-order valence-corrected chi connectivity index (χ2v) is 4.62. The number of nitrogens with one attached hydrogen (secondary N) is 1. The lowest BCUT2D eigenvalue weighted by atomic mass is 10.1. The number of carbonyl (C=O) groups excluding carboxylic acids is 1. The fourth-order valence-electron chi connectivity index (χ4n) is 2.02. The van der Waals surface area contributed by atoms with E-state index in [9.17, 15) is 4.79 Å². The number of amides is 1. The third-order valence-electron chi connectivity index (χ3n) is 3.08. The van der Waals surface area contributed by atoms with Gasteiger partial charge in [0.25, 0.3) is 5.91 Å². The van der Waals surface area contributed by atoms with Gasteiger partial charge in [0, 0.05) is 18.1 Å². The van der Waals surface area contributed by atoms with Crippen LogP contribution in [0.15, 0.2) is 42.9 Å². The van der Waals surface area contributed by atoms with Crippen molar-refractivity contribution in [2.45, 2.75) is 6.92 Å². The summed E-state index contributed by atoms with van der Waals surface area (Å²) in [6, 6.07) is 6.97. The van der Waals surface area contributed by atoms with Gasteiger partial charge in [-0.2, -0.15) is 0 Å². The molecule has 0 fully saturated rings. The number of hydrogen-bond donors (Lipinski definition) is 2. The zero-order valence-electron chi connectivity index (χ0n) is 11.4. The molecule has 21 heavy (non-hydrogen) atoms. The Labute approximate surface area is 121 Å². The summed E-state index contributed by atoms with van der Waals surface area (Å²) in [5.74, 6) is -0.254. The number of carbonyl (C=O) groups is 1. The van der Waals surface area contributed by atoms with Crippen LogP contribution in [0.4, 0.5) is 11.4 Å². The summed E-state index contributed by atoms with van der Waals surface area (Å²) in [5.41, 5.74) is 9.35. The molecule has 1 aromatic carbocycles. The summed E-state index contributed by atoms with van der Waals surface area (Å²) in [6.07, 6.45) is 4.76. The van der Waals surface area contributed by atoms with Crippen molar-refractivity contribution in [3.63, 3.8) is 0 Å². The van der Waals surface area contributed by atoms with Crippen LogP contribution in [0.25, 0.3) is 11.0 Å². The number of aryl methyl sites for hydroxylation is 1. The van der Waals surface area contributed by atoms with Crippen molar-refractivity contribution in [1.29, 1.82) is 0 Å². The van der Waals surface area contributed by atoms with Crippen molar-refractivity contribution in [2.75, 3.05) is 11.1 Å². The normalized spacial score (nSPS) is 10.5. The van der Waals surface area contributed by atoms with Gasteiger partial charge in [0.15, 0.2) is 0 Å². The Morgan fingerprint density at radius 2 is 1.86 bits per heavy atom. The van der Waals surface area contributed by atoms with Gasteiger partial charge in [0.05, 0.1) is 34.2 Å². The minimum Gasteiger partial charge on any atom is -0.397 e. The number of aromatic nitrogens is 3. The van der Waals surface area contributed by atoms with Gasteiger partial charge >= 0.3 is 0 Å². The lowest BCUT2D eigenvalue weighted by Crippen LogP contribution is -2.14. The van der Waals surface area contributed by atoms with Gasteiger partial charge in [-0.25, -0.2) is 0 Å². The second kappa shape index (κ2) is 5.16. The van der Waals surface area contributed by atoms with Crippen molar-refractivity contribution < 1.29 is 4.79 Å². The van der Waals surface area contributed by atoms with Gasteiger partial charge in [-0.05, 0) is 31.2 Å². The maximum atomic E-state index is 12.3. The molecule has 6 nitrogen and oxygen atoms in total. The summed E-state index contributed by atoms with van der Waals surface area (Å²) in [6.45, 7) is 1.76. The molecule has 0 aliphatic rings. The first kappa shape index (κ1) is 13.0. The van der Waals surface area contributed by atoms with Crippen LogP contribution in [0, 0.1) is 6.92 Å². The van der Waals surface area contributed by atoms with Crippen LogP contribution < -0.4 is 11.1 Å². The number of benzene rings is 1. The summed E-state index contributed by atoms with van der Waals surface area (Å²) in [5, 5.41) is 2.82. The number of nitrogens with zero attached hydrogens (tertiary/aromatic N) is 3. The predicted molar refractivity (Wildman–Crippen MR) is 80.9 cm³/mol. The Morgan fingerprint density at radius 3 is 2.67 bits per heavy atom. The third-order valence-corrected chi connectivity index (χ3v) is 3.08. The first-order valence-corrected chi connectivity index (χ1v) is 6.38. The molecule has 0 radical (unpaired) electrons. The maximum absolute atomic E-state index is 12.3. The van der Waals surface area contributed by atoms with E-state index < -0.39 is 0 Å². The molecule has 0 bridgehead atoms. The van der Waals surface area contributed by atoms with E-state index in [1.54, 1.807) is 37.5 Å². The smallest absolute Gasteiger partial charge is 0.257 e. The van der Waals surface area contributed by atoms with E-state index in [0.29, 0.717) is 22.6 Å². The number of nitrogen functional groups attached to an aromatic ring is 1. The molecule has 0 saturated heterocycles. The fraction of sp³-hybridized carbons (Fsp3) is 0.0667. The Bertz CT molecular complexity index is 831. The van der Waals surface area contributed by atoms with E-state index in [4.69, 9.17) is 5.73 Å². The SMILES string of the molecule is Cc1ncc(N)cc1C(=O)Nc1ccc2nccnc2c1. The number of pyridine rings is 1. The van der Waals surface area contributed by atoms with E-state index in [-0.39, 0.29) is 5.91 Å². The highest BCUT2D eigenvalue weighted by Crippen LogP contribution is 2.17. The van der Waals surface area contributed by atoms with Crippen LogP contribution in [-0.2, 0) is 0 Å². The first-order chi connectivity index (χ1) is 10.1. The molecule has 0 saturated carbocycles. The zero-order chi connectivity index (χ0) is 14.8. The molecule has 0 spiro atoms. The number of rotatable bonds is 2. The van der Waals surface area contributed by atoms with Crippen molar-refractivity contribution in [3.05, 3.63) is 54.1 Å². The number of hydrogen-bond acceptors (Lipinski definition) is 5. The minimum atomic E-state index is -0.254. The Balaban J connectivity index is 1.90. The summed E-state index contributed by atoms with van der Waals surface area (Å²) >= 11 is 0. The fourth-order valence-corrected chi connectivity index (χ4v) is 2.02. The van der Waals surface area contributed by atoms with E-state index in [2.05, 4.69) is 20.3 Å². The van der Waals surface area contributed by atoms with Crippen LogP contribution in [0.3, 0.4) is 0 Å². The average molecular weight is 279 g/mol. The van der Waals surface area contributed by atoms with Crippen LogP contribution in [-0.4, -0.2) is 20.9 Å². The van der Waals surface area contributed by atoms with Gasteiger partial charge in [-0.1, -0.05) is 0 Å². The van der Waals surface area contributed by atoms with Crippen molar-refractivity contribution in [2.24, 2.45) is 0 Å². The first-order valence-electron chi connectivity index (χ1n) is 6.38. The molecular formula is C15H13N5O. The number of anilines is 2. The van der Waals surface area contributed by atoms with E-state index >= 15 is 0 Å². The van der Waals surface area contributed by atoms with E-state index in [1.165, 1.54) is 6.20 Å². The summed E-state index contributed by atoms with van der Waals surface area (Å²) < 4.78 is 0. The van der Waals surface area contributed by atoms with Crippen LogP contribution in [0.1, 0.15) is 16.1 Å². The number of fused-ring (bicyclic) bond motifs is 1. The predicted octanol–water partition coefficient (Wildman–Crippen LogP) is 2.17. The number of nitrogens with two attached hydrogens (primary N) is 1. The Hall–Kier alpha value is -3.02. The quantitative estimate of drug-likeness (QED) is 0.749. The molecule has 0 atom stereocenters. The molecule has 0 unspecified atom stereocenters. The molecule has 6 heteroatoms. The third kappa shape index (κ3) is 2.64. The molecule has 0 aliphatic carbocycles. The van der Waals surface area contributed by atoms with Gasteiger partial charge in [-0.3, -0.25) is 19.7 Å². The molecule has 2 aromatic heterocycles. The van der Waals surface area contributed by atoms with Gasteiger partial charge < -0.3 is 11.1 Å². The van der Waals surface area contributed by atoms with E-state index in [1.807, 2.05) is 6.07 Å². The molecule has 104 valence electrons. The Kier molecular flexibility index (Phi) is 3.19. The highest BCUT2D eigenvalue weighted by atomic mass is 16.1. The molecule has 3 aromatic rings. The minimum absolute atomic E-state index is 0.254. The van der Waals surface area contributed by atoms with Crippen LogP contribution in [0.5, 0.6) is 0 Å². The highest BCUT2D eigenvalue weighted by molar-refractivity contribution is 6.06. The standard InChI is InChI=1S/C15H13N5O/c1-9-12(6-10(16)8-19-9)15(21)20-11-2-3-13-14(7-11)18-5-4-17-13/h2-8H,16H2,1H3,(H,20,21). The molecule has 1 amide bonds. The summed E-state index contributed by atoms with van der Waals surface area (Å²) in [4.78, 5) is 24.8. The highest BCUT2D eigenvalue weighted by Gasteiger charge is 2.11. The zero-order valence-corrected chi connectivity index (χ0v) is 11.4. The lowest BCUT2D eigenvalue weighted by molar-refractivity contribution is 0.102. The molecule has 2 heterocycles. The van der Waals surface area contributed by atoms with Gasteiger partial charge in [0.1, 0.15) is 0 Å². The van der Waals surface area contributed by atoms with Crippen LogP contribution in [0.2, 0.25) is 0 Å². The largest absolute Gasteiger partial charge is 0.397 e. The molecule has 3 rings (SSSR count). The van der Waals surface area contributed by atoms with Crippen molar-refractivity contribution in [3.8, 4) is 0 Å². The Morgan fingerprint density at radius 1 is 1.10 bits per heavy atom. The van der Waals surface area contributed by atoms with Gasteiger partial charge in [0.2, 0.25) is 0 Å². The van der Waals surface area contributed by atoms with E-state index in [0.717, 1.165) is 11.0 Å². The topological polar surface area (TPSA) is 93.8 Å². The van der Waals surface area contributed by atoms with Crippen LogP contribution >= 0.6 is 0 Å². The summed E-state index contributed by atoms with van der Waals surface area (Å²) in [7, 11) is 0. The molecule has 0 aliphatic heterocycles. The average Bonchev–Trinajstić information content (AvgIpc) is 2.49. The molecule has 3 N–H and O–H groups in total. The molecular weight excluding hydrogens is 266 g/mol. The van der Waals surface area contributed by atoms with Crippen molar-refractivity contribution >= 4 is 28.3 Å². The maximum Gasteiger partial charge on any atom is 0.257 e. The van der Waals surface area contributed by atoms with Crippen molar-refractivity contribution in [1.82, 2.24) is 15.0 Å².